The van der Waals surface area contributed by atoms with Crippen LogP contribution in [-0.4, -0.2) is 4.57 Å². The fraction of sp³-hybridized carbons (Fsp3) is 0.885. The molecule has 0 aliphatic heterocycles. The van der Waals surface area contributed by atoms with Crippen LogP contribution >= 0.6 is 0 Å². The molecule has 0 aliphatic rings. The monoisotopic (exact) mass is 391 g/mol. The van der Waals surface area contributed by atoms with Crippen molar-refractivity contribution >= 4 is 0 Å². The maximum atomic E-state index is 2.53. The standard InChI is InChI=1S/C26H51N2/c1-5-7-9-11-13-14-15-16-18-20-22-28-24-23-27(26(28)25(3)4)21-19-17-12-10-8-6-2/h23-25H,5-22H2,1-4H3/q+1. The van der Waals surface area contributed by atoms with Crippen LogP contribution in [-0.2, 0) is 13.1 Å². The van der Waals surface area contributed by atoms with E-state index in [1.54, 1.807) is 0 Å². The maximum Gasteiger partial charge on any atom is 0.258 e. The third kappa shape index (κ3) is 11.3. The van der Waals surface area contributed by atoms with Gasteiger partial charge in [-0.05, 0) is 25.7 Å². The lowest BCUT2D eigenvalue weighted by molar-refractivity contribution is -0.705. The van der Waals surface area contributed by atoms with Crippen molar-refractivity contribution in [2.75, 3.05) is 0 Å². The third-order valence-corrected chi connectivity index (χ3v) is 6.04. The molecule has 0 aromatic carbocycles. The molecular formula is C26H51N2+. The average Bonchev–Trinajstić information content (AvgIpc) is 3.09. The lowest BCUT2D eigenvalue weighted by atomic mass is 10.1. The smallest absolute Gasteiger partial charge is 0.234 e. The number of hydrogen-bond acceptors (Lipinski definition) is 0. The first-order chi connectivity index (χ1) is 13.7. The summed E-state index contributed by atoms with van der Waals surface area (Å²) < 4.78 is 5.06. The molecule has 0 fully saturated rings. The minimum atomic E-state index is 0.609. The molecule has 0 amide bonds. The van der Waals surface area contributed by atoms with Crippen LogP contribution in [0, 0.1) is 0 Å². The van der Waals surface area contributed by atoms with E-state index < -0.39 is 0 Å². The molecule has 0 radical (unpaired) electrons. The fourth-order valence-corrected chi connectivity index (χ4v) is 4.35. The van der Waals surface area contributed by atoms with Crippen molar-refractivity contribution < 1.29 is 4.57 Å². The molecule has 2 nitrogen and oxygen atoms in total. The van der Waals surface area contributed by atoms with Crippen molar-refractivity contribution in [3.05, 3.63) is 18.2 Å². The summed E-state index contributed by atoms with van der Waals surface area (Å²) in [5.41, 5.74) is 0. The quantitative estimate of drug-likeness (QED) is 0.166. The van der Waals surface area contributed by atoms with Crippen molar-refractivity contribution in [2.45, 2.75) is 149 Å². The number of unbranched alkanes of at least 4 members (excludes halogenated alkanes) is 14. The second kappa shape index (κ2) is 17.1. The van der Waals surface area contributed by atoms with Gasteiger partial charge in [-0.25, -0.2) is 9.13 Å². The summed E-state index contributed by atoms with van der Waals surface area (Å²) in [6, 6.07) is 0. The lowest BCUT2D eigenvalue weighted by Crippen LogP contribution is -2.38. The van der Waals surface area contributed by atoms with E-state index in [4.69, 9.17) is 0 Å². The topological polar surface area (TPSA) is 8.81 Å². The largest absolute Gasteiger partial charge is 0.258 e. The van der Waals surface area contributed by atoms with E-state index in [1.807, 2.05) is 0 Å². The Morgan fingerprint density at radius 2 is 1.14 bits per heavy atom. The third-order valence-electron chi connectivity index (χ3n) is 6.04. The van der Waals surface area contributed by atoms with E-state index in [9.17, 15) is 0 Å². The summed E-state index contributed by atoms with van der Waals surface area (Å²) >= 11 is 0. The molecule has 28 heavy (non-hydrogen) atoms. The van der Waals surface area contributed by atoms with Gasteiger partial charge in [-0.15, -0.1) is 0 Å². The highest BCUT2D eigenvalue weighted by atomic mass is 15.1. The summed E-state index contributed by atoms with van der Waals surface area (Å²) in [5.74, 6) is 2.14. The Hall–Kier alpha value is -0.790. The van der Waals surface area contributed by atoms with Crippen molar-refractivity contribution in [1.82, 2.24) is 4.57 Å². The zero-order valence-electron chi connectivity index (χ0n) is 19.9. The number of imidazole rings is 1. The van der Waals surface area contributed by atoms with Crippen LogP contribution in [0.2, 0.25) is 0 Å². The second-order valence-corrected chi connectivity index (χ2v) is 9.15. The van der Waals surface area contributed by atoms with Crippen molar-refractivity contribution in [3.63, 3.8) is 0 Å². The first-order valence-corrected chi connectivity index (χ1v) is 12.8. The minimum Gasteiger partial charge on any atom is -0.234 e. The number of rotatable bonds is 19. The predicted molar refractivity (Wildman–Crippen MR) is 124 cm³/mol. The van der Waals surface area contributed by atoms with E-state index >= 15 is 0 Å². The Morgan fingerprint density at radius 1 is 0.679 bits per heavy atom. The van der Waals surface area contributed by atoms with Crippen molar-refractivity contribution in [3.8, 4) is 0 Å². The number of hydrogen-bond donors (Lipinski definition) is 0. The van der Waals surface area contributed by atoms with E-state index in [1.165, 1.54) is 122 Å². The van der Waals surface area contributed by atoms with Gasteiger partial charge in [0.15, 0.2) is 0 Å². The molecule has 0 unspecified atom stereocenters. The van der Waals surface area contributed by atoms with E-state index in [-0.39, 0.29) is 0 Å². The molecule has 0 saturated carbocycles. The molecule has 1 heterocycles. The first-order valence-electron chi connectivity index (χ1n) is 12.8. The van der Waals surface area contributed by atoms with Gasteiger partial charge in [-0.1, -0.05) is 105 Å². The van der Waals surface area contributed by atoms with Crippen LogP contribution in [0.15, 0.2) is 12.4 Å². The van der Waals surface area contributed by atoms with Crippen molar-refractivity contribution in [2.24, 2.45) is 0 Å². The summed E-state index contributed by atoms with van der Waals surface area (Å²) in [6.07, 6.45) is 27.1. The molecule has 1 aromatic heterocycles. The number of aromatic nitrogens is 2. The van der Waals surface area contributed by atoms with Gasteiger partial charge in [0.05, 0.1) is 19.0 Å². The predicted octanol–water partition coefficient (Wildman–Crippen LogP) is 8.18. The summed E-state index contributed by atoms with van der Waals surface area (Å²) in [5, 5.41) is 0. The van der Waals surface area contributed by atoms with Crippen LogP contribution in [0.1, 0.15) is 142 Å². The van der Waals surface area contributed by atoms with E-state index in [0.717, 1.165) is 0 Å². The summed E-state index contributed by atoms with van der Waals surface area (Å²) in [4.78, 5) is 0. The second-order valence-electron chi connectivity index (χ2n) is 9.15. The van der Waals surface area contributed by atoms with Gasteiger partial charge in [-0.3, -0.25) is 0 Å². The highest BCUT2D eigenvalue weighted by Gasteiger charge is 2.19. The molecule has 2 heteroatoms. The Morgan fingerprint density at radius 3 is 1.64 bits per heavy atom. The Bertz CT molecular complexity index is 461. The van der Waals surface area contributed by atoms with Gasteiger partial charge < -0.3 is 0 Å². The van der Waals surface area contributed by atoms with Crippen molar-refractivity contribution in [1.29, 1.82) is 0 Å². The van der Waals surface area contributed by atoms with Crippen LogP contribution in [0.5, 0.6) is 0 Å². The molecule has 0 bridgehead atoms. The highest BCUT2D eigenvalue weighted by Crippen LogP contribution is 2.14. The van der Waals surface area contributed by atoms with Gasteiger partial charge in [0, 0.05) is 0 Å². The van der Waals surface area contributed by atoms with Gasteiger partial charge in [0.1, 0.15) is 12.4 Å². The lowest BCUT2D eigenvalue weighted by Gasteiger charge is -2.08. The van der Waals surface area contributed by atoms with Crippen LogP contribution < -0.4 is 4.57 Å². The molecule has 0 atom stereocenters. The summed E-state index contributed by atoms with van der Waals surface area (Å²) in [7, 11) is 0. The SMILES string of the molecule is CCCCCCCCCCCC[n+]1ccn(CCCCCCCC)c1C(C)C. The Kier molecular flexibility index (Phi) is 15.4. The van der Waals surface area contributed by atoms with Crippen LogP contribution in [0.4, 0.5) is 0 Å². The molecule has 0 saturated heterocycles. The molecule has 164 valence electrons. The molecule has 0 N–H and O–H groups in total. The molecule has 0 spiro atoms. The molecule has 0 aliphatic carbocycles. The van der Waals surface area contributed by atoms with Gasteiger partial charge in [0.2, 0.25) is 0 Å². The van der Waals surface area contributed by atoms with Crippen LogP contribution in [0.25, 0.3) is 0 Å². The highest BCUT2D eigenvalue weighted by molar-refractivity contribution is 4.89. The first kappa shape index (κ1) is 25.2. The Labute approximate surface area is 177 Å². The summed E-state index contributed by atoms with van der Waals surface area (Å²) in [6.45, 7) is 11.7. The molecular weight excluding hydrogens is 340 g/mol. The zero-order chi connectivity index (χ0) is 20.5. The Balaban J connectivity index is 2.21. The minimum absolute atomic E-state index is 0.609. The van der Waals surface area contributed by atoms with E-state index in [0.29, 0.717) is 5.92 Å². The van der Waals surface area contributed by atoms with Gasteiger partial charge >= 0.3 is 0 Å². The normalized spacial score (nSPS) is 11.6. The molecule has 1 rings (SSSR count). The zero-order valence-corrected chi connectivity index (χ0v) is 19.9. The molecule has 1 aromatic rings. The van der Waals surface area contributed by atoms with Crippen LogP contribution in [0.3, 0.4) is 0 Å². The average molecular weight is 392 g/mol. The van der Waals surface area contributed by atoms with E-state index in [2.05, 4.69) is 49.2 Å². The fourth-order valence-electron chi connectivity index (χ4n) is 4.35. The van der Waals surface area contributed by atoms with Gasteiger partial charge in [0.25, 0.3) is 5.82 Å². The maximum absolute atomic E-state index is 2.53. The number of nitrogens with zero attached hydrogens (tertiary/aromatic N) is 2. The number of aryl methyl sites for hydroxylation is 2. The van der Waals surface area contributed by atoms with Gasteiger partial charge in [-0.2, -0.15) is 0 Å².